The summed E-state index contributed by atoms with van der Waals surface area (Å²) in [5.41, 5.74) is 8.73. The van der Waals surface area contributed by atoms with Crippen LogP contribution in [0.2, 0.25) is 0 Å². The van der Waals surface area contributed by atoms with Gasteiger partial charge in [-0.3, -0.25) is 4.79 Å². The topological polar surface area (TPSA) is 89.1 Å². The van der Waals surface area contributed by atoms with Gasteiger partial charge in [0.25, 0.3) is 5.91 Å². The van der Waals surface area contributed by atoms with Crippen LogP contribution in [0.15, 0.2) is 36.4 Å². The van der Waals surface area contributed by atoms with Gasteiger partial charge >= 0.3 is 0 Å². The van der Waals surface area contributed by atoms with E-state index in [0.717, 1.165) is 0 Å². The Labute approximate surface area is 108 Å². The van der Waals surface area contributed by atoms with Crippen molar-refractivity contribution in [3.63, 3.8) is 0 Å². The van der Waals surface area contributed by atoms with Crippen LogP contribution < -0.4 is 5.73 Å². The first-order valence-corrected chi connectivity index (χ1v) is 5.80. The number of nitrogens with two attached hydrogens (primary N) is 1. The lowest BCUT2D eigenvalue weighted by Gasteiger charge is -2.06. The number of rotatable bonds is 2. The van der Waals surface area contributed by atoms with E-state index < -0.39 is 5.91 Å². The van der Waals surface area contributed by atoms with Crippen molar-refractivity contribution in [2.75, 3.05) is 0 Å². The Balaban J connectivity index is 2.45. The number of aliphatic hydroxyl groups is 1. The maximum absolute atomic E-state index is 11.4. The molecule has 1 amide bonds. The summed E-state index contributed by atoms with van der Waals surface area (Å²) in [6.45, 7) is -0.104. The maximum atomic E-state index is 11.4. The largest absolute Gasteiger partial charge is 0.392 e. The summed E-state index contributed by atoms with van der Waals surface area (Å²) in [6, 6.07) is 10.5. The molecule has 0 aliphatic carbocycles. The van der Waals surface area contributed by atoms with E-state index in [2.05, 4.69) is 9.97 Å². The zero-order valence-electron chi connectivity index (χ0n) is 10.00. The zero-order chi connectivity index (χ0) is 13.4. The molecule has 0 saturated heterocycles. The van der Waals surface area contributed by atoms with Gasteiger partial charge in [-0.1, -0.05) is 18.2 Å². The van der Waals surface area contributed by atoms with Gasteiger partial charge in [0.05, 0.1) is 28.7 Å². The number of fused-ring (bicyclic) bond motifs is 2. The van der Waals surface area contributed by atoms with Crippen LogP contribution in [0.3, 0.4) is 0 Å². The summed E-state index contributed by atoms with van der Waals surface area (Å²) in [7, 11) is 0. The van der Waals surface area contributed by atoms with Crippen LogP contribution in [0.25, 0.3) is 22.1 Å². The molecule has 0 fully saturated rings. The molecule has 2 aromatic carbocycles. The van der Waals surface area contributed by atoms with E-state index in [0.29, 0.717) is 33.2 Å². The molecular formula is C14H11N3O2. The maximum Gasteiger partial charge on any atom is 0.250 e. The van der Waals surface area contributed by atoms with Gasteiger partial charge in [-0.25, -0.2) is 9.97 Å². The number of nitrogens with zero attached hydrogens (tertiary/aromatic N) is 2. The lowest BCUT2D eigenvalue weighted by molar-refractivity contribution is 0.100. The van der Waals surface area contributed by atoms with E-state index in [1.54, 1.807) is 36.4 Å². The van der Waals surface area contributed by atoms with Crippen LogP contribution in [-0.2, 0) is 6.61 Å². The fourth-order valence-electron chi connectivity index (χ4n) is 2.10. The number of aromatic nitrogens is 2. The molecule has 0 saturated carbocycles. The monoisotopic (exact) mass is 253 g/mol. The molecule has 5 heteroatoms. The molecule has 0 spiro atoms. The fourth-order valence-corrected chi connectivity index (χ4v) is 2.10. The van der Waals surface area contributed by atoms with E-state index in [1.165, 1.54) is 0 Å². The smallest absolute Gasteiger partial charge is 0.250 e. The van der Waals surface area contributed by atoms with Gasteiger partial charge in [-0.15, -0.1) is 0 Å². The van der Waals surface area contributed by atoms with Crippen molar-refractivity contribution in [1.29, 1.82) is 0 Å². The number of hydrogen-bond donors (Lipinski definition) is 2. The molecular weight excluding hydrogens is 242 g/mol. The Morgan fingerprint density at radius 2 is 1.68 bits per heavy atom. The van der Waals surface area contributed by atoms with Crippen LogP contribution in [0.1, 0.15) is 15.9 Å². The molecule has 0 radical (unpaired) electrons. The van der Waals surface area contributed by atoms with Crippen LogP contribution in [0.4, 0.5) is 0 Å². The molecule has 19 heavy (non-hydrogen) atoms. The lowest BCUT2D eigenvalue weighted by Crippen LogP contribution is -2.12. The van der Waals surface area contributed by atoms with Crippen LogP contribution in [0.5, 0.6) is 0 Å². The van der Waals surface area contributed by atoms with E-state index in [1.807, 2.05) is 0 Å². The molecule has 0 aliphatic rings. The minimum atomic E-state index is -0.530. The highest BCUT2D eigenvalue weighted by molar-refractivity contribution is 6.05. The van der Waals surface area contributed by atoms with Crippen molar-refractivity contribution in [3.05, 3.63) is 47.5 Å². The van der Waals surface area contributed by atoms with Gasteiger partial charge in [0.2, 0.25) is 0 Å². The molecule has 3 rings (SSSR count). The SMILES string of the molecule is NC(=O)c1cccc2nc3c(CO)cccc3nc12. The third kappa shape index (κ3) is 1.80. The second kappa shape index (κ2) is 4.29. The zero-order valence-corrected chi connectivity index (χ0v) is 10.00. The number of carbonyl (C=O) groups excluding carboxylic acids is 1. The van der Waals surface area contributed by atoms with E-state index in [-0.39, 0.29) is 6.61 Å². The van der Waals surface area contributed by atoms with Gasteiger partial charge in [0.15, 0.2) is 0 Å². The molecule has 5 nitrogen and oxygen atoms in total. The Hall–Kier alpha value is -2.53. The van der Waals surface area contributed by atoms with Gasteiger partial charge in [0.1, 0.15) is 5.52 Å². The normalized spacial score (nSPS) is 11.0. The standard InChI is InChI=1S/C14H11N3O2/c15-14(19)9-4-2-6-11-13(9)17-10-5-1-3-8(7-18)12(10)16-11/h1-6,18H,7H2,(H2,15,19). The summed E-state index contributed by atoms with van der Waals surface area (Å²) in [5.74, 6) is -0.530. The second-order valence-corrected chi connectivity index (χ2v) is 4.20. The van der Waals surface area contributed by atoms with E-state index in [4.69, 9.17) is 5.73 Å². The number of benzene rings is 2. The Kier molecular flexibility index (Phi) is 2.61. The third-order valence-corrected chi connectivity index (χ3v) is 3.01. The predicted octanol–water partition coefficient (Wildman–Crippen LogP) is 1.37. The first-order chi connectivity index (χ1) is 9.20. The molecule has 94 valence electrons. The Morgan fingerprint density at radius 1 is 1.05 bits per heavy atom. The molecule has 3 N–H and O–H groups in total. The minimum Gasteiger partial charge on any atom is -0.392 e. The number of aliphatic hydroxyl groups excluding tert-OH is 1. The molecule has 1 aromatic heterocycles. The van der Waals surface area contributed by atoms with Crippen LogP contribution in [0, 0.1) is 0 Å². The van der Waals surface area contributed by atoms with E-state index >= 15 is 0 Å². The van der Waals surface area contributed by atoms with Gasteiger partial charge < -0.3 is 10.8 Å². The van der Waals surface area contributed by atoms with Crippen LogP contribution in [-0.4, -0.2) is 21.0 Å². The van der Waals surface area contributed by atoms with Gasteiger partial charge in [-0.05, 0) is 18.2 Å². The Bertz CT molecular complexity index is 799. The highest BCUT2D eigenvalue weighted by Crippen LogP contribution is 2.21. The third-order valence-electron chi connectivity index (χ3n) is 3.01. The summed E-state index contributed by atoms with van der Waals surface area (Å²) in [4.78, 5) is 20.3. The van der Waals surface area contributed by atoms with E-state index in [9.17, 15) is 9.90 Å². The average Bonchev–Trinajstić information content (AvgIpc) is 2.43. The second-order valence-electron chi connectivity index (χ2n) is 4.20. The molecule has 0 bridgehead atoms. The Morgan fingerprint density at radius 3 is 2.37 bits per heavy atom. The average molecular weight is 253 g/mol. The van der Waals surface area contributed by atoms with Crippen molar-refractivity contribution in [2.45, 2.75) is 6.61 Å². The number of para-hydroxylation sites is 2. The molecule has 0 unspecified atom stereocenters. The van der Waals surface area contributed by atoms with Crippen molar-refractivity contribution in [1.82, 2.24) is 9.97 Å². The summed E-state index contributed by atoms with van der Waals surface area (Å²) in [6.07, 6.45) is 0. The minimum absolute atomic E-state index is 0.104. The number of hydrogen-bond acceptors (Lipinski definition) is 4. The molecule has 0 atom stereocenters. The predicted molar refractivity (Wildman–Crippen MR) is 71.5 cm³/mol. The fraction of sp³-hybridized carbons (Fsp3) is 0.0714. The first-order valence-electron chi connectivity index (χ1n) is 5.80. The highest BCUT2D eigenvalue weighted by Gasteiger charge is 2.11. The summed E-state index contributed by atoms with van der Waals surface area (Å²) < 4.78 is 0. The van der Waals surface area contributed by atoms with Crippen molar-refractivity contribution in [2.24, 2.45) is 5.73 Å². The van der Waals surface area contributed by atoms with Crippen LogP contribution >= 0.6 is 0 Å². The van der Waals surface area contributed by atoms with Crippen molar-refractivity contribution < 1.29 is 9.90 Å². The lowest BCUT2D eigenvalue weighted by atomic mass is 10.1. The molecule has 3 aromatic rings. The molecule has 0 aliphatic heterocycles. The van der Waals surface area contributed by atoms with Gasteiger partial charge in [-0.2, -0.15) is 0 Å². The summed E-state index contributed by atoms with van der Waals surface area (Å²) in [5, 5.41) is 9.31. The number of carbonyl (C=O) groups is 1. The number of amides is 1. The quantitative estimate of drug-likeness (QED) is 0.675. The first kappa shape index (κ1) is 11.6. The van der Waals surface area contributed by atoms with Crippen molar-refractivity contribution >= 4 is 28.0 Å². The van der Waals surface area contributed by atoms with Gasteiger partial charge in [0, 0.05) is 5.56 Å². The molecule has 1 heterocycles. The highest BCUT2D eigenvalue weighted by atomic mass is 16.3. The summed E-state index contributed by atoms with van der Waals surface area (Å²) >= 11 is 0. The number of primary amides is 1. The van der Waals surface area contributed by atoms with Crippen molar-refractivity contribution in [3.8, 4) is 0 Å².